The van der Waals surface area contributed by atoms with E-state index in [4.69, 9.17) is 0 Å². The molecular formula is C12H26N4. The highest BCUT2D eigenvalue weighted by Gasteiger charge is 2.24. The number of hydrazine groups is 1. The van der Waals surface area contributed by atoms with Crippen molar-refractivity contribution in [2.24, 2.45) is 0 Å². The van der Waals surface area contributed by atoms with E-state index in [0.29, 0.717) is 0 Å². The van der Waals surface area contributed by atoms with Gasteiger partial charge in [-0.2, -0.15) is 0 Å². The maximum Gasteiger partial charge on any atom is 0.0145 e. The van der Waals surface area contributed by atoms with Crippen molar-refractivity contribution in [3.8, 4) is 0 Å². The molecular weight excluding hydrogens is 200 g/mol. The molecule has 0 atom stereocenters. The lowest BCUT2D eigenvalue weighted by molar-refractivity contribution is 0.0875. The molecule has 0 amide bonds. The second kappa shape index (κ2) is 5.96. The van der Waals surface area contributed by atoms with E-state index in [2.05, 4.69) is 27.3 Å². The smallest absolute Gasteiger partial charge is 0.0145 e. The van der Waals surface area contributed by atoms with Crippen molar-refractivity contribution in [1.29, 1.82) is 0 Å². The molecule has 0 bridgehead atoms. The fourth-order valence-corrected chi connectivity index (χ4v) is 2.89. The van der Waals surface area contributed by atoms with Gasteiger partial charge in [-0.15, -0.1) is 0 Å². The molecule has 0 aromatic carbocycles. The minimum absolute atomic E-state index is 0.830. The molecule has 2 saturated heterocycles. The van der Waals surface area contributed by atoms with E-state index < -0.39 is 0 Å². The Kier molecular flexibility index (Phi) is 4.58. The molecule has 0 saturated carbocycles. The minimum atomic E-state index is 0.830. The number of rotatable bonds is 2. The van der Waals surface area contributed by atoms with Crippen LogP contribution in [0.4, 0.5) is 0 Å². The molecule has 0 aromatic heterocycles. The summed E-state index contributed by atoms with van der Waals surface area (Å²) in [5, 5.41) is 2.33. The molecule has 16 heavy (non-hydrogen) atoms. The molecule has 2 fully saturated rings. The van der Waals surface area contributed by atoms with E-state index >= 15 is 0 Å². The van der Waals surface area contributed by atoms with E-state index in [1.165, 1.54) is 58.5 Å². The maximum atomic E-state index is 3.25. The van der Waals surface area contributed by atoms with Gasteiger partial charge in [0.15, 0.2) is 0 Å². The van der Waals surface area contributed by atoms with Gasteiger partial charge in [0.25, 0.3) is 0 Å². The van der Waals surface area contributed by atoms with Gasteiger partial charge in [0, 0.05) is 32.2 Å². The van der Waals surface area contributed by atoms with Gasteiger partial charge in [-0.1, -0.05) is 0 Å². The predicted octanol–water partition coefficient (Wildman–Crippen LogP) is 0.223. The van der Waals surface area contributed by atoms with Crippen molar-refractivity contribution < 1.29 is 0 Å². The van der Waals surface area contributed by atoms with Crippen LogP contribution in [0.3, 0.4) is 0 Å². The topological polar surface area (TPSA) is 21.8 Å². The van der Waals surface area contributed by atoms with Crippen LogP contribution in [0.25, 0.3) is 0 Å². The fourth-order valence-electron chi connectivity index (χ4n) is 2.89. The highest BCUT2D eigenvalue weighted by molar-refractivity contribution is 4.80. The fraction of sp³-hybridized carbons (Fsp3) is 1.00. The zero-order chi connectivity index (χ0) is 11.4. The number of hydrogen-bond acceptors (Lipinski definition) is 4. The molecule has 94 valence electrons. The van der Waals surface area contributed by atoms with Crippen molar-refractivity contribution in [1.82, 2.24) is 20.2 Å². The van der Waals surface area contributed by atoms with Gasteiger partial charge < -0.3 is 4.90 Å². The van der Waals surface area contributed by atoms with E-state index in [0.717, 1.165) is 6.04 Å². The Balaban J connectivity index is 1.79. The number of likely N-dealkylation sites (N-methyl/N-ethyl adjacent to an activating group) is 1. The van der Waals surface area contributed by atoms with Gasteiger partial charge in [-0.25, -0.2) is 5.01 Å². The Bertz CT molecular complexity index is 201. The van der Waals surface area contributed by atoms with Gasteiger partial charge in [0.05, 0.1) is 0 Å². The average Bonchev–Trinajstić information content (AvgIpc) is 2.54. The van der Waals surface area contributed by atoms with Gasteiger partial charge in [-0.3, -0.25) is 10.3 Å². The van der Waals surface area contributed by atoms with Crippen LogP contribution in [0.5, 0.6) is 0 Å². The first-order chi connectivity index (χ1) is 7.79. The number of nitrogens with zero attached hydrogens (tertiary/aromatic N) is 3. The lowest BCUT2D eigenvalue weighted by Crippen LogP contribution is -2.49. The van der Waals surface area contributed by atoms with Gasteiger partial charge in [0.2, 0.25) is 0 Å². The summed E-state index contributed by atoms with van der Waals surface area (Å²) in [6, 6.07) is 0.830. The van der Waals surface area contributed by atoms with E-state index in [-0.39, 0.29) is 0 Å². The molecule has 1 N–H and O–H groups in total. The monoisotopic (exact) mass is 226 g/mol. The Morgan fingerprint density at radius 1 is 0.938 bits per heavy atom. The summed E-state index contributed by atoms with van der Waals surface area (Å²) in [4.78, 5) is 5.18. The van der Waals surface area contributed by atoms with E-state index in [1.807, 2.05) is 7.05 Å². The van der Waals surface area contributed by atoms with Gasteiger partial charge in [-0.05, 0) is 46.4 Å². The molecule has 2 heterocycles. The van der Waals surface area contributed by atoms with Crippen LogP contribution < -0.4 is 5.43 Å². The average molecular weight is 226 g/mol. The van der Waals surface area contributed by atoms with Crippen molar-refractivity contribution in [2.45, 2.75) is 25.3 Å². The molecule has 4 nitrogen and oxygen atoms in total. The van der Waals surface area contributed by atoms with Crippen LogP contribution >= 0.6 is 0 Å². The highest BCUT2D eigenvalue weighted by Crippen LogP contribution is 2.16. The summed E-state index contributed by atoms with van der Waals surface area (Å²) in [7, 11) is 4.27. The summed E-state index contributed by atoms with van der Waals surface area (Å²) in [6.07, 6.45) is 3.98. The molecule has 0 unspecified atom stereocenters. The lowest BCUT2D eigenvalue weighted by atomic mass is 10.0. The minimum Gasteiger partial charge on any atom is -0.305 e. The first-order valence-electron chi connectivity index (χ1n) is 6.64. The predicted molar refractivity (Wildman–Crippen MR) is 67.3 cm³/mol. The second-order valence-corrected chi connectivity index (χ2v) is 5.13. The molecule has 2 aliphatic heterocycles. The van der Waals surface area contributed by atoms with Crippen LogP contribution in [0.1, 0.15) is 19.3 Å². The SMILES string of the molecule is CNN1CCC(N2CCCN(C)CC2)CC1. The van der Waals surface area contributed by atoms with Crippen molar-refractivity contribution in [2.75, 3.05) is 53.4 Å². The first-order valence-corrected chi connectivity index (χ1v) is 6.64. The van der Waals surface area contributed by atoms with Gasteiger partial charge >= 0.3 is 0 Å². The van der Waals surface area contributed by atoms with Crippen molar-refractivity contribution >= 4 is 0 Å². The summed E-state index contributed by atoms with van der Waals surface area (Å²) in [5.74, 6) is 0. The maximum absolute atomic E-state index is 3.25. The molecule has 0 spiro atoms. The third-order valence-corrected chi connectivity index (χ3v) is 4.05. The summed E-state index contributed by atoms with van der Waals surface area (Å²) < 4.78 is 0. The summed E-state index contributed by atoms with van der Waals surface area (Å²) >= 11 is 0. The zero-order valence-electron chi connectivity index (χ0n) is 10.8. The summed E-state index contributed by atoms with van der Waals surface area (Å²) in [5.41, 5.74) is 3.25. The van der Waals surface area contributed by atoms with Crippen LogP contribution in [0.2, 0.25) is 0 Å². The Labute approximate surface area is 99.5 Å². The van der Waals surface area contributed by atoms with Crippen LogP contribution in [-0.4, -0.2) is 74.2 Å². The van der Waals surface area contributed by atoms with Crippen LogP contribution in [0, 0.1) is 0 Å². The highest BCUT2D eigenvalue weighted by atomic mass is 15.5. The largest absolute Gasteiger partial charge is 0.305 e. The van der Waals surface area contributed by atoms with Crippen molar-refractivity contribution in [3.63, 3.8) is 0 Å². The molecule has 0 aromatic rings. The number of piperidine rings is 1. The standard InChI is InChI=1S/C12H26N4/c1-13-16-8-4-12(5-9-16)15-7-3-6-14(2)10-11-15/h12-13H,3-11H2,1-2H3. The Morgan fingerprint density at radius 3 is 2.38 bits per heavy atom. The molecule has 0 aliphatic carbocycles. The molecule has 4 heteroatoms. The first kappa shape index (κ1) is 12.3. The van der Waals surface area contributed by atoms with Gasteiger partial charge in [0.1, 0.15) is 0 Å². The Hall–Kier alpha value is -0.160. The molecule has 2 aliphatic rings. The number of hydrogen-bond donors (Lipinski definition) is 1. The van der Waals surface area contributed by atoms with Crippen LogP contribution in [-0.2, 0) is 0 Å². The third-order valence-electron chi connectivity index (χ3n) is 4.05. The molecule has 0 radical (unpaired) electrons. The summed E-state index contributed by atoms with van der Waals surface area (Å²) in [6.45, 7) is 7.48. The number of nitrogens with one attached hydrogen (secondary N) is 1. The normalized spacial score (nSPS) is 28.1. The van der Waals surface area contributed by atoms with E-state index in [9.17, 15) is 0 Å². The van der Waals surface area contributed by atoms with Crippen LogP contribution in [0.15, 0.2) is 0 Å². The molecule has 2 rings (SSSR count). The third kappa shape index (κ3) is 3.17. The lowest BCUT2D eigenvalue weighted by Gasteiger charge is -2.37. The quantitative estimate of drug-likeness (QED) is 0.727. The zero-order valence-corrected chi connectivity index (χ0v) is 10.8. The second-order valence-electron chi connectivity index (χ2n) is 5.13. The van der Waals surface area contributed by atoms with Crippen molar-refractivity contribution in [3.05, 3.63) is 0 Å². The van der Waals surface area contributed by atoms with E-state index in [1.54, 1.807) is 0 Å². The Morgan fingerprint density at radius 2 is 1.69 bits per heavy atom.